The second-order valence-electron chi connectivity index (χ2n) is 6.58. The number of fused-ring (bicyclic) bond motifs is 1. The highest BCUT2D eigenvalue weighted by Crippen LogP contribution is 2.37. The molecule has 3 heterocycles. The first kappa shape index (κ1) is 16.6. The van der Waals surface area contributed by atoms with Crippen LogP contribution >= 0.6 is 22.7 Å². The maximum Gasteiger partial charge on any atom is 0.273 e. The van der Waals surface area contributed by atoms with Crippen molar-refractivity contribution in [1.29, 1.82) is 0 Å². The largest absolute Gasteiger partial charge is 0.328 e. The van der Waals surface area contributed by atoms with Gasteiger partial charge < -0.3 is 4.90 Å². The zero-order valence-electron chi connectivity index (χ0n) is 14.5. The van der Waals surface area contributed by atoms with Gasteiger partial charge >= 0.3 is 0 Å². The number of aromatic nitrogens is 2. The highest BCUT2D eigenvalue weighted by molar-refractivity contribution is 7.18. The van der Waals surface area contributed by atoms with Gasteiger partial charge in [0.25, 0.3) is 5.91 Å². The van der Waals surface area contributed by atoms with Gasteiger partial charge in [-0.15, -0.1) is 22.7 Å². The van der Waals surface area contributed by atoms with E-state index in [9.17, 15) is 4.79 Å². The van der Waals surface area contributed by atoms with Crippen LogP contribution in [0.4, 0.5) is 0 Å². The highest BCUT2D eigenvalue weighted by atomic mass is 32.1. The van der Waals surface area contributed by atoms with Crippen LogP contribution in [-0.4, -0.2) is 27.3 Å². The van der Waals surface area contributed by atoms with Gasteiger partial charge in [-0.3, -0.25) is 4.79 Å². The minimum Gasteiger partial charge on any atom is -0.328 e. The van der Waals surface area contributed by atoms with Gasteiger partial charge in [0.15, 0.2) is 0 Å². The lowest BCUT2D eigenvalue weighted by Gasteiger charge is -2.22. The van der Waals surface area contributed by atoms with Gasteiger partial charge in [0.1, 0.15) is 15.7 Å². The number of hydrogen-bond acceptors (Lipinski definition) is 5. The van der Waals surface area contributed by atoms with Crippen LogP contribution in [-0.2, 0) is 0 Å². The van der Waals surface area contributed by atoms with Crippen LogP contribution in [0.2, 0.25) is 0 Å². The van der Waals surface area contributed by atoms with Gasteiger partial charge in [-0.2, -0.15) is 0 Å². The number of hydrogen-bond donors (Lipinski definition) is 0. The molecule has 2 aromatic carbocycles. The fraction of sp³-hybridized carbons (Fsp3) is 0.190. The molecule has 6 heteroatoms. The molecule has 5 rings (SSSR count). The van der Waals surface area contributed by atoms with E-state index in [4.69, 9.17) is 4.98 Å². The van der Waals surface area contributed by atoms with Gasteiger partial charge in [0, 0.05) is 17.5 Å². The number of benzene rings is 2. The average Bonchev–Trinajstić information content (AvgIpc) is 3.46. The number of carbonyl (C=O) groups excluding carboxylic acids is 1. The minimum atomic E-state index is 0.00943. The van der Waals surface area contributed by atoms with Crippen LogP contribution in [0, 0.1) is 0 Å². The first-order valence-electron chi connectivity index (χ1n) is 8.97. The molecule has 0 unspecified atom stereocenters. The standard InChI is InChI=1S/C21H17N3OS2/c25-21(16-13-26-19(23-16)14-7-2-1-3-8-14)24-12-6-10-17(24)20-22-15-9-4-5-11-18(15)27-20/h1-5,7-9,11,13,17H,6,10,12H2/t17-/m1/s1. The van der Waals surface area contributed by atoms with Gasteiger partial charge in [-0.25, -0.2) is 9.97 Å². The van der Waals surface area contributed by atoms with Crippen LogP contribution < -0.4 is 0 Å². The van der Waals surface area contributed by atoms with Gasteiger partial charge in [0.2, 0.25) is 0 Å². The van der Waals surface area contributed by atoms with E-state index in [-0.39, 0.29) is 11.9 Å². The number of nitrogens with zero attached hydrogens (tertiary/aromatic N) is 3. The molecule has 1 aliphatic rings. The third-order valence-electron chi connectivity index (χ3n) is 4.85. The molecule has 1 saturated heterocycles. The van der Waals surface area contributed by atoms with Crippen molar-refractivity contribution in [3.63, 3.8) is 0 Å². The molecule has 1 amide bonds. The normalized spacial score (nSPS) is 16.9. The monoisotopic (exact) mass is 391 g/mol. The Kier molecular flexibility index (Phi) is 4.22. The Bertz CT molecular complexity index is 1070. The van der Waals surface area contributed by atoms with Gasteiger partial charge in [-0.1, -0.05) is 42.5 Å². The van der Waals surface area contributed by atoms with E-state index in [1.165, 1.54) is 16.0 Å². The lowest BCUT2D eigenvalue weighted by Crippen LogP contribution is -2.30. The highest BCUT2D eigenvalue weighted by Gasteiger charge is 2.33. The molecule has 0 radical (unpaired) electrons. The van der Waals surface area contributed by atoms with E-state index in [1.54, 1.807) is 11.3 Å². The Morgan fingerprint density at radius 2 is 1.85 bits per heavy atom. The average molecular weight is 392 g/mol. The zero-order valence-corrected chi connectivity index (χ0v) is 16.2. The molecular formula is C21H17N3OS2. The van der Waals surface area contributed by atoms with Crippen molar-refractivity contribution >= 4 is 38.8 Å². The molecule has 0 N–H and O–H groups in total. The molecule has 4 nitrogen and oxygen atoms in total. The van der Waals surface area contributed by atoms with Crippen LogP contribution in [0.25, 0.3) is 20.8 Å². The molecular weight excluding hydrogens is 374 g/mol. The van der Waals surface area contributed by atoms with Crippen molar-refractivity contribution in [3.8, 4) is 10.6 Å². The van der Waals surface area contributed by atoms with E-state index in [1.807, 2.05) is 58.8 Å². The molecule has 0 aliphatic carbocycles. The number of thiazole rings is 2. The van der Waals surface area contributed by atoms with Crippen molar-refractivity contribution in [2.24, 2.45) is 0 Å². The first-order valence-corrected chi connectivity index (χ1v) is 10.7. The quantitative estimate of drug-likeness (QED) is 0.470. The number of amides is 1. The summed E-state index contributed by atoms with van der Waals surface area (Å²) in [5.74, 6) is 0.00943. The molecule has 134 valence electrons. The molecule has 0 bridgehead atoms. The maximum atomic E-state index is 13.1. The Hall–Kier alpha value is -2.57. The SMILES string of the molecule is O=C(c1csc(-c2ccccc2)n1)N1CCC[C@@H]1c1nc2ccccc2s1. The van der Waals surface area contributed by atoms with Crippen LogP contribution in [0.5, 0.6) is 0 Å². The predicted molar refractivity (Wildman–Crippen MR) is 110 cm³/mol. The Labute approximate surface area is 165 Å². The van der Waals surface area contributed by atoms with Crippen molar-refractivity contribution in [2.45, 2.75) is 18.9 Å². The predicted octanol–water partition coefficient (Wildman–Crippen LogP) is 5.40. The van der Waals surface area contributed by atoms with E-state index in [0.29, 0.717) is 5.69 Å². The Balaban J connectivity index is 1.43. The van der Waals surface area contributed by atoms with E-state index < -0.39 is 0 Å². The third-order valence-corrected chi connectivity index (χ3v) is 6.88. The summed E-state index contributed by atoms with van der Waals surface area (Å²) < 4.78 is 1.17. The zero-order chi connectivity index (χ0) is 18.2. The number of rotatable bonds is 3. The van der Waals surface area contributed by atoms with Gasteiger partial charge in [0.05, 0.1) is 16.3 Å². The molecule has 1 fully saturated rings. The summed E-state index contributed by atoms with van der Waals surface area (Å²) in [5, 5.41) is 3.79. The summed E-state index contributed by atoms with van der Waals surface area (Å²) in [4.78, 5) is 24.5. The summed E-state index contributed by atoms with van der Waals surface area (Å²) >= 11 is 3.21. The number of carbonyl (C=O) groups is 1. The maximum absolute atomic E-state index is 13.1. The lowest BCUT2D eigenvalue weighted by molar-refractivity contribution is 0.0730. The Morgan fingerprint density at radius 1 is 1.04 bits per heavy atom. The Morgan fingerprint density at radius 3 is 2.70 bits per heavy atom. The third kappa shape index (κ3) is 3.05. The second-order valence-corrected chi connectivity index (χ2v) is 8.50. The minimum absolute atomic E-state index is 0.00943. The lowest BCUT2D eigenvalue weighted by atomic mass is 10.2. The van der Waals surface area contributed by atoms with Gasteiger partial charge in [-0.05, 0) is 25.0 Å². The molecule has 4 aromatic rings. The van der Waals surface area contributed by atoms with Crippen molar-refractivity contribution in [1.82, 2.24) is 14.9 Å². The summed E-state index contributed by atoms with van der Waals surface area (Å²) in [6, 6.07) is 18.2. The summed E-state index contributed by atoms with van der Waals surface area (Å²) in [5.41, 5.74) is 2.59. The topological polar surface area (TPSA) is 46.1 Å². The van der Waals surface area contributed by atoms with Crippen LogP contribution in [0.3, 0.4) is 0 Å². The molecule has 1 aliphatic heterocycles. The second kappa shape index (κ2) is 6.87. The smallest absolute Gasteiger partial charge is 0.273 e. The van der Waals surface area contributed by atoms with Crippen LogP contribution in [0.1, 0.15) is 34.4 Å². The fourth-order valence-electron chi connectivity index (χ4n) is 3.53. The molecule has 0 saturated carbocycles. The van der Waals surface area contributed by atoms with E-state index in [2.05, 4.69) is 11.1 Å². The van der Waals surface area contributed by atoms with E-state index >= 15 is 0 Å². The molecule has 1 atom stereocenters. The summed E-state index contributed by atoms with van der Waals surface area (Å²) in [7, 11) is 0. The molecule has 0 spiro atoms. The molecule has 27 heavy (non-hydrogen) atoms. The number of likely N-dealkylation sites (tertiary alicyclic amines) is 1. The van der Waals surface area contributed by atoms with Crippen molar-refractivity contribution in [3.05, 3.63) is 70.7 Å². The van der Waals surface area contributed by atoms with Crippen molar-refractivity contribution in [2.75, 3.05) is 6.54 Å². The molecule has 2 aromatic heterocycles. The summed E-state index contributed by atoms with van der Waals surface area (Å²) in [6.45, 7) is 0.762. The first-order chi connectivity index (χ1) is 13.3. The summed E-state index contributed by atoms with van der Waals surface area (Å²) in [6.07, 6.45) is 1.96. The van der Waals surface area contributed by atoms with Crippen LogP contribution in [0.15, 0.2) is 60.0 Å². The van der Waals surface area contributed by atoms with Crippen molar-refractivity contribution < 1.29 is 4.79 Å². The van der Waals surface area contributed by atoms with E-state index in [0.717, 1.165) is 40.5 Å². The fourth-order valence-corrected chi connectivity index (χ4v) is 5.45. The number of para-hydroxylation sites is 1.